The van der Waals surface area contributed by atoms with Gasteiger partial charge < -0.3 is 5.73 Å². The van der Waals surface area contributed by atoms with E-state index in [2.05, 4.69) is 6.58 Å². The van der Waals surface area contributed by atoms with Gasteiger partial charge in [0, 0.05) is 0 Å². The maximum atomic E-state index is 7.29. The van der Waals surface area contributed by atoms with E-state index < -0.39 is 5.54 Å². The average Bonchev–Trinajstić information content (AvgIpc) is 1.31. The van der Waals surface area contributed by atoms with Crippen LogP contribution in [0.25, 0.3) is 5.73 Å². The molecule has 0 aliphatic heterocycles. The standard InChI is InChI=1S/C6H12N.2Rf/c1-5(2)6(3,4)7;;/h7H,1H2,2-4H3;;/q-1;;. The van der Waals surface area contributed by atoms with Crippen LogP contribution in [0.4, 0.5) is 0 Å². The van der Waals surface area contributed by atoms with Crippen LogP contribution in [-0.4, -0.2) is 5.54 Å². The third kappa shape index (κ3) is 5.70. The minimum absolute atomic E-state index is 0. The maximum Gasteiger partial charge on any atom is 0 e. The number of rotatable bonds is 1. The first-order valence-corrected chi connectivity index (χ1v) is 2.35. The van der Waals surface area contributed by atoms with Crippen LogP contribution in [0.15, 0.2) is 12.2 Å². The van der Waals surface area contributed by atoms with Crippen molar-refractivity contribution in [1.82, 2.24) is 0 Å². The molecule has 0 aromatic heterocycles. The van der Waals surface area contributed by atoms with Crippen LogP contribution in [0.1, 0.15) is 20.8 Å². The van der Waals surface area contributed by atoms with Gasteiger partial charge >= 0.3 is 0 Å². The van der Waals surface area contributed by atoms with Crippen molar-refractivity contribution in [2.45, 2.75) is 26.3 Å². The van der Waals surface area contributed by atoms with Crippen LogP contribution in [0.2, 0.25) is 0 Å². The molecule has 0 amide bonds. The molecule has 0 unspecified atom stereocenters. The molecule has 0 aromatic carbocycles. The molecule has 0 radical (unpaired) electrons. The van der Waals surface area contributed by atoms with Gasteiger partial charge in [-0.15, -0.1) is 12.1 Å². The molecule has 0 aliphatic rings. The fourth-order valence-corrected chi connectivity index (χ4v) is 0. The Morgan fingerprint density at radius 3 is 1.44 bits per heavy atom. The molecule has 0 spiro atoms. The zero-order valence-electron chi connectivity index (χ0n) is 6.62. The summed E-state index contributed by atoms with van der Waals surface area (Å²) in [5.74, 6) is 0. The van der Waals surface area contributed by atoms with Crippen LogP contribution in [0.3, 0.4) is 0 Å². The third-order valence-electron chi connectivity index (χ3n) is 1.07. The monoisotopic (exact) mass is 632 g/mol. The van der Waals surface area contributed by atoms with Gasteiger partial charge in [-0.25, -0.2) is 0 Å². The largest absolute Gasteiger partial charge is 0.669 e. The average molecular weight is 632 g/mol. The first kappa shape index (κ1) is 15.9. The molecule has 0 atom stereocenters. The molecule has 1 nitrogen and oxygen atoms in total. The van der Waals surface area contributed by atoms with Crippen LogP contribution in [-0.2, 0) is 0 Å². The number of nitrogens with one attached hydrogen (secondary N) is 1. The van der Waals surface area contributed by atoms with Crippen LogP contribution < -0.4 is 0 Å². The van der Waals surface area contributed by atoms with Crippen molar-refractivity contribution in [3.05, 3.63) is 17.9 Å². The number of hydrogen-bond donors (Lipinski definition) is 0. The summed E-state index contributed by atoms with van der Waals surface area (Å²) in [5.41, 5.74) is 7.75. The van der Waals surface area contributed by atoms with Crippen molar-refractivity contribution in [2.75, 3.05) is 0 Å². The van der Waals surface area contributed by atoms with Gasteiger partial charge in [-0.1, -0.05) is 19.4 Å². The van der Waals surface area contributed by atoms with E-state index in [1.54, 1.807) is 0 Å². The van der Waals surface area contributed by atoms with Crippen molar-refractivity contribution in [1.29, 1.82) is 0 Å². The molecular formula is C6H12NRf2-. The van der Waals surface area contributed by atoms with E-state index in [9.17, 15) is 0 Å². The van der Waals surface area contributed by atoms with Crippen LogP contribution >= 0.6 is 0 Å². The SMILES string of the molecule is C=C(C)C(C)(C)[NH-].[Rf].[Rf]. The summed E-state index contributed by atoms with van der Waals surface area (Å²) in [4.78, 5) is 0. The Morgan fingerprint density at radius 1 is 1.33 bits per heavy atom. The summed E-state index contributed by atoms with van der Waals surface area (Å²) in [6.45, 7) is 9.16. The van der Waals surface area contributed by atoms with Crippen molar-refractivity contribution < 1.29 is 0 Å². The summed E-state index contributed by atoms with van der Waals surface area (Å²) in [5, 5.41) is 0. The molecule has 1 N–H and O–H groups in total. The zero-order valence-corrected chi connectivity index (χ0v) is 19.4. The molecule has 0 saturated carbocycles. The summed E-state index contributed by atoms with van der Waals surface area (Å²) in [7, 11) is 0. The van der Waals surface area contributed by atoms with E-state index in [0.29, 0.717) is 0 Å². The zero-order chi connectivity index (χ0) is 6.08. The second-order valence-electron chi connectivity index (χ2n) is 2.41. The Morgan fingerprint density at radius 2 is 1.44 bits per heavy atom. The fraction of sp³-hybridized carbons (Fsp3) is 0.667. The molecule has 9 heavy (non-hydrogen) atoms. The van der Waals surface area contributed by atoms with Gasteiger partial charge in [0.1, 0.15) is 0 Å². The molecule has 0 rings (SSSR count). The third-order valence-corrected chi connectivity index (χ3v) is 1.07. The van der Waals surface area contributed by atoms with E-state index in [1.807, 2.05) is 20.8 Å². The molecular weight excluding hydrogens is 620 g/mol. The van der Waals surface area contributed by atoms with Gasteiger partial charge in [0.2, 0.25) is 0 Å². The number of hydrogen-bond acceptors (Lipinski definition) is 0. The Hall–Kier alpha value is -2.30. The quantitative estimate of drug-likeness (QED) is 0.397. The minimum Gasteiger partial charge on any atom is -0.669 e. The predicted molar refractivity (Wildman–Crippen MR) is 33.2 cm³/mol. The molecule has 0 aliphatic carbocycles. The smallest absolute Gasteiger partial charge is 0 e. The van der Waals surface area contributed by atoms with Crippen LogP contribution in [0.5, 0.6) is 0 Å². The van der Waals surface area contributed by atoms with Gasteiger partial charge in [0.25, 0.3) is 0 Å². The van der Waals surface area contributed by atoms with E-state index in [0.717, 1.165) is 5.57 Å². The van der Waals surface area contributed by atoms with Crippen molar-refractivity contribution in [2.24, 2.45) is 0 Å². The van der Waals surface area contributed by atoms with Crippen molar-refractivity contribution in [3.63, 3.8) is 0 Å². The molecule has 0 saturated heterocycles. The molecule has 0 fully saturated rings. The molecule has 0 bridgehead atoms. The molecule has 3 heteroatoms. The topological polar surface area (TPSA) is 23.8 Å². The van der Waals surface area contributed by atoms with E-state index in [1.165, 1.54) is 0 Å². The van der Waals surface area contributed by atoms with Crippen molar-refractivity contribution in [3.8, 4) is 0 Å². The molecule has 0 heterocycles. The van der Waals surface area contributed by atoms with E-state index in [4.69, 9.17) is 5.73 Å². The van der Waals surface area contributed by atoms with E-state index in [-0.39, 0.29) is 0 Å². The Balaban J connectivity index is -0.000000180. The maximum absolute atomic E-state index is 7.29. The first-order valence-electron chi connectivity index (χ1n) is 2.35. The van der Waals surface area contributed by atoms with Gasteiger partial charge in [-0.3, -0.25) is 0 Å². The van der Waals surface area contributed by atoms with Crippen molar-refractivity contribution >= 4 is 0 Å². The molecule has 46 valence electrons. The first-order chi connectivity index (χ1) is 2.94. The second kappa shape index (κ2) is 2.80. The van der Waals surface area contributed by atoms with Gasteiger partial charge in [-0.2, -0.15) is 0 Å². The summed E-state index contributed by atoms with van der Waals surface area (Å²) < 4.78 is 0. The normalized spacial score (nSPS) is 8.89. The van der Waals surface area contributed by atoms with Crippen LogP contribution in [0, 0.1) is 0 Å². The predicted octanol–water partition coefficient (Wildman–Crippen LogP) is 2.39. The fourth-order valence-electron chi connectivity index (χ4n) is 0. The summed E-state index contributed by atoms with van der Waals surface area (Å²) in [6, 6.07) is 0. The summed E-state index contributed by atoms with van der Waals surface area (Å²) >= 11 is 0. The van der Waals surface area contributed by atoms with E-state index >= 15 is 0 Å². The summed E-state index contributed by atoms with van der Waals surface area (Å²) in [6.07, 6.45) is 0. The Bertz CT molecular complexity index is 83.5. The van der Waals surface area contributed by atoms with Gasteiger partial charge in [0.05, 0.1) is 0 Å². The van der Waals surface area contributed by atoms with Gasteiger partial charge in [0.15, 0.2) is 0 Å². The Kier molecular flexibility index (Phi) is 4.96. The minimum atomic E-state index is -0.444. The Labute approximate surface area is 45.2 Å². The molecule has 0 aromatic rings. The van der Waals surface area contributed by atoms with Gasteiger partial charge in [-0.05, 0) is 6.92 Å². The second-order valence-corrected chi connectivity index (χ2v) is 2.41.